The third-order valence-corrected chi connectivity index (χ3v) is 5.49. The van der Waals surface area contributed by atoms with Crippen LogP contribution in [-0.2, 0) is 0 Å². The highest BCUT2D eigenvalue weighted by Crippen LogP contribution is 2.42. The Morgan fingerprint density at radius 1 is 1.04 bits per heavy atom. The molecule has 0 saturated carbocycles. The van der Waals surface area contributed by atoms with Crippen LogP contribution in [0.5, 0.6) is 5.75 Å². The predicted octanol–water partition coefficient (Wildman–Crippen LogP) is 4.05. The molecule has 5 rings (SSSR count). The predicted molar refractivity (Wildman–Crippen MR) is 114 cm³/mol. The Bertz CT molecular complexity index is 1120. The van der Waals surface area contributed by atoms with Crippen molar-refractivity contribution in [3.05, 3.63) is 54.7 Å². The maximum atomic E-state index is 5.72. The molecule has 1 aliphatic heterocycles. The van der Waals surface area contributed by atoms with Gasteiger partial charge in [-0.2, -0.15) is 0 Å². The average molecular weight is 398 g/mol. The van der Waals surface area contributed by atoms with E-state index in [2.05, 4.69) is 39.7 Å². The zero-order valence-corrected chi connectivity index (χ0v) is 16.4. The quantitative estimate of drug-likeness (QED) is 0.528. The molecule has 2 aromatic carbocycles. The first kappa shape index (κ1) is 18.7. The van der Waals surface area contributed by atoms with Gasteiger partial charge in [-0.25, -0.2) is 4.48 Å². The van der Waals surface area contributed by atoms with E-state index >= 15 is 0 Å². The maximum Gasteiger partial charge on any atom is 0.279 e. The number of nitrogens with zero attached hydrogens (tertiary/aromatic N) is 3. The molecule has 0 aliphatic carbocycles. The van der Waals surface area contributed by atoms with Crippen LogP contribution in [0, 0.1) is 0 Å². The second-order valence-electron chi connectivity index (χ2n) is 6.88. The number of fused-ring (bicyclic) bond motifs is 2. The van der Waals surface area contributed by atoms with Crippen LogP contribution in [0.25, 0.3) is 21.9 Å². The summed E-state index contributed by atoms with van der Waals surface area (Å²) in [6, 6.07) is 16.3. The number of methoxy groups -OCH3 is 1. The molecule has 2 aromatic heterocycles. The zero-order valence-electron chi connectivity index (χ0n) is 15.6. The summed E-state index contributed by atoms with van der Waals surface area (Å²) in [5.41, 5.74) is 2.97. The van der Waals surface area contributed by atoms with E-state index in [1.54, 1.807) is 7.11 Å². The van der Waals surface area contributed by atoms with Gasteiger partial charge in [-0.1, -0.05) is 12.1 Å². The molecule has 1 N–H and O–H groups in total. The molecule has 28 heavy (non-hydrogen) atoms. The molecular formula is C21H22ClN4O2+. The van der Waals surface area contributed by atoms with Crippen LogP contribution in [0.1, 0.15) is 0 Å². The second-order valence-corrected chi connectivity index (χ2v) is 6.88. The van der Waals surface area contributed by atoms with E-state index in [4.69, 9.17) is 9.26 Å². The highest BCUT2D eigenvalue weighted by atomic mass is 35.5. The zero-order chi connectivity index (χ0) is 18.3. The van der Waals surface area contributed by atoms with Crippen molar-refractivity contribution in [2.24, 2.45) is 0 Å². The summed E-state index contributed by atoms with van der Waals surface area (Å²) >= 11 is 0. The molecule has 0 radical (unpaired) electrons. The van der Waals surface area contributed by atoms with Gasteiger partial charge in [0.05, 0.1) is 18.0 Å². The van der Waals surface area contributed by atoms with Crippen LogP contribution < -0.4 is 14.5 Å². The van der Waals surface area contributed by atoms with Crippen molar-refractivity contribution < 1.29 is 9.26 Å². The lowest BCUT2D eigenvalue weighted by Crippen LogP contribution is -2.56. The summed E-state index contributed by atoms with van der Waals surface area (Å²) in [5, 5.41) is 10.2. The molecular weight excluding hydrogens is 376 g/mol. The van der Waals surface area contributed by atoms with Gasteiger partial charge in [-0.3, -0.25) is 4.98 Å². The molecule has 1 fully saturated rings. The van der Waals surface area contributed by atoms with Gasteiger partial charge in [0.1, 0.15) is 29.9 Å². The Kier molecular flexibility index (Phi) is 4.93. The van der Waals surface area contributed by atoms with Crippen LogP contribution in [-0.4, -0.2) is 43.4 Å². The van der Waals surface area contributed by atoms with Crippen molar-refractivity contribution in [3.8, 4) is 5.75 Å². The lowest BCUT2D eigenvalue weighted by molar-refractivity contribution is 0.311. The number of nitrogens with one attached hydrogen (secondary N) is 1. The summed E-state index contributed by atoms with van der Waals surface area (Å²) < 4.78 is 11.7. The van der Waals surface area contributed by atoms with Crippen molar-refractivity contribution in [3.63, 3.8) is 0 Å². The van der Waals surface area contributed by atoms with Crippen LogP contribution in [0.15, 0.2) is 59.3 Å². The monoisotopic (exact) mass is 397 g/mol. The number of rotatable bonds is 3. The molecule has 0 spiro atoms. The summed E-state index contributed by atoms with van der Waals surface area (Å²) in [6.07, 6.45) is 1.89. The minimum atomic E-state index is 0. The van der Waals surface area contributed by atoms with Crippen molar-refractivity contribution >= 4 is 45.8 Å². The SMILES string of the molecule is COc1ccc2c([N+]3(c4ccnc5ccccc45)CCNCC3)noc2c1.Cl. The molecule has 0 unspecified atom stereocenters. The molecule has 1 saturated heterocycles. The maximum absolute atomic E-state index is 5.72. The van der Waals surface area contributed by atoms with Crippen LogP contribution in [0.2, 0.25) is 0 Å². The number of benzene rings is 2. The number of aromatic nitrogens is 2. The lowest BCUT2D eigenvalue weighted by atomic mass is 10.1. The molecule has 6 nitrogen and oxygen atoms in total. The summed E-state index contributed by atoms with van der Waals surface area (Å²) in [7, 11) is 1.66. The highest BCUT2D eigenvalue weighted by molar-refractivity contribution is 5.96. The molecule has 7 heteroatoms. The second kappa shape index (κ2) is 7.39. The molecule has 144 valence electrons. The van der Waals surface area contributed by atoms with Crippen LogP contribution in [0.3, 0.4) is 0 Å². The molecule has 0 bridgehead atoms. The topological polar surface area (TPSA) is 60.2 Å². The van der Waals surface area contributed by atoms with E-state index in [-0.39, 0.29) is 12.4 Å². The van der Waals surface area contributed by atoms with Crippen LogP contribution in [0.4, 0.5) is 11.5 Å². The van der Waals surface area contributed by atoms with Gasteiger partial charge in [0.15, 0.2) is 5.58 Å². The number of para-hydroxylation sites is 1. The highest BCUT2D eigenvalue weighted by Gasteiger charge is 2.41. The number of hydrogen-bond donors (Lipinski definition) is 1. The number of hydrogen-bond acceptors (Lipinski definition) is 5. The first-order valence-electron chi connectivity index (χ1n) is 9.18. The Morgan fingerprint density at radius 2 is 1.86 bits per heavy atom. The van der Waals surface area contributed by atoms with Gasteiger partial charge >= 0.3 is 0 Å². The number of ether oxygens (including phenoxy) is 1. The Morgan fingerprint density at radius 3 is 2.68 bits per heavy atom. The standard InChI is InChI=1S/C21H21N4O2.ClH/c1-26-15-6-7-17-20(14-15)27-24-21(17)25(12-10-22-11-13-25)19-8-9-23-18-5-3-2-4-16(18)19;/h2-9,14,22H,10-13H2,1H3;1H/q+1;. The fraction of sp³-hybridized carbons (Fsp3) is 0.238. The van der Waals surface area contributed by atoms with E-state index in [0.29, 0.717) is 4.48 Å². The van der Waals surface area contributed by atoms with Crippen molar-refractivity contribution in [2.45, 2.75) is 0 Å². The summed E-state index contributed by atoms with van der Waals surface area (Å²) in [4.78, 5) is 4.55. The van der Waals surface area contributed by atoms with Crippen molar-refractivity contribution in [1.82, 2.24) is 19.9 Å². The number of quaternary nitrogens is 1. The Labute approximate surface area is 169 Å². The third-order valence-electron chi connectivity index (χ3n) is 5.49. The number of piperazine rings is 1. The lowest BCUT2D eigenvalue weighted by Gasteiger charge is -2.39. The van der Waals surface area contributed by atoms with Crippen molar-refractivity contribution in [2.75, 3.05) is 33.3 Å². The normalized spacial score (nSPS) is 16.0. The largest absolute Gasteiger partial charge is 0.497 e. The number of pyridine rings is 1. The van der Waals surface area contributed by atoms with E-state index in [0.717, 1.165) is 59.6 Å². The summed E-state index contributed by atoms with van der Waals surface area (Å²) in [5.74, 6) is 1.72. The Hall–Kier alpha value is -2.67. The minimum Gasteiger partial charge on any atom is -0.497 e. The van der Waals surface area contributed by atoms with Gasteiger partial charge in [-0.15, -0.1) is 12.4 Å². The van der Waals surface area contributed by atoms with Crippen molar-refractivity contribution in [1.29, 1.82) is 0 Å². The fourth-order valence-electron chi connectivity index (χ4n) is 4.14. The fourth-order valence-corrected chi connectivity index (χ4v) is 4.14. The summed E-state index contributed by atoms with van der Waals surface area (Å²) in [6.45, 7) is 3.64. The smallest absolute Gasteiger partial charge is 0.279 e. The first-order valence-corrected chi connectivity index (χ1v) is 9.18. The molecule has 0 amide bonds. The van der Waals surface area contributed by atoms with Crippen LogP contribution >= 0.6 is 12.4 Å². The number of halogens is 1. The third kappa shape index (κ3) is 2.81. The van der Waals surface area contributed by atoms with Gasteiger partial charge in [0.25, 0.3) is 5.82 Å². The van der Waals surface area contributed by atoms with E-state index in [1.807, 2.05) is 30.5 Å². The van der Waals surface area contributed by atoms with Gasteiger partial charge < -0.3 is 14.6 Å². The minimum absolute atomic E-state index is 0. The van der Waals surface area contributed by atoms with Gasteiger partial charge in [0, 0.05) is 31.4 Å². The molecule has 4 aromatic rings. The molecule has 1 aliphatic rings. The Balaban J connectivity index is 0.00000192. The first-order chi connectivity index (χ1) is 13.3. The van der Waals surface area contributed by atoms with Gasteiger partial charge in [-0.05, 0) is 29.4 Å². The van der Waals surface area contributed by atoms with E-state index in [1.165, 1.54) is 5.69 Å². The molecule has 3 heterocycles. The van der Waals surface area contributed by atoms with E-state index < -0.39 is 0 Å². The van der Waals surface area contributed by atoms with Gasteiger partial charge in [0.2, 0.25) is 0 Å². The molecule has 0 atom stereocenters. The average Bonchev–Trinajstić information content (AvgIpc) is 3.17. The van der Waals surface area contributed by atoms with E-state index in [9.17, 15) is 0 Å².